The van der Waals surface area contributed by atoms with Gasteiger partial charge in [-0.2, -0.15) is 0 Å². The van der Waals surface area contributed by atoms with E-state index >= 15 is 0 Å². The molecular weight excluding hydrogens is 305 g/mol. The van der Waals surface area contributed by atoms with Crippen LogP contribution in [-0.4, -0.2) is 40.0 Å². The second-order valence-corrected chi connectivity index (χ2v) is 6.47. The zero-order valence-corrected chi connectivity index (χ0v) is 13.7. The Morgan fingerprint density at radius 2 is 1.95 bits per heavy atom. The minimum Gasteiger partial charge on any atom is -0.328 e. The van der Waals surface area contributed by atoms with Gasteiger partial charge < -0.3 is 9.47 Å². The van der Waals surface area contributed by atoms with Crippen LogP contribution in [0.3, 0.4) is 0 Å². The van der Waals surface area contributed by atoms with Gasteiger partial charge in [-0.05, 0) is 57.1 Å². The molecule has 0 bridgehead atoms. The quantitative estimate of drug-likeness (QED) is 0.749. The van der Waals surface area contributed by atoms with Gasteiger partial charge in [0.2, 0.25) is 0 Å². The van der Waals surface area contributed by atoms with Crippen molar-refractivity contribution in [2.75, 3.05) is 25.5 Å². The van der Waals surface area contributed by atoms with Gasteiger partial charge >= 0.3 is 0 Å². The highest BCUT2D eigenvalue weighted by atomic mass is 35.5. The van der Waals surface area contributed by atoms with Gasteiger partial charge in [0, 0.05) is 23.9 Å². The first-order chi connectivity index (χ1) is 10.3. The summed E-state index contributed by atoms with van der Waals surface area (Å²) >= 11 is 12.1. The number of imidazole rings is 1. The molecule has 3 nitrogen and oxygen atoms in total. The fourth-order valence-electron chi connectivity index (χ4n) is 3.13. The molecule has 0 aliphatic carbocycles. The molecule has 1 aromatic heterocycles. The molecular formula is C16H21Cl2N3. The maximum absolute atomic E-state index is 6.14. The van der Waals surface area contributed by atoms with Gasteiger partial charge in [0.15, 0.2) is 0 Å². The van der Waals surface area contributed by atoms with E-state index in [1.54, 1.807) is 0 Å². The standard InChI is InChI=1S/C16H21Cl2N3/c17-7-6-16-19-14-5-4-13(18)12-15(14)21(16)11-3-10-20-8-1-2-9-20/h4-5,12H,1-3,6-11H2. The Hall–Kier alpha value is -0.770. The van der Waals surface area contributed by atoms with E-state index in [0.717, 1.165) is 41.3 Å². The summed E-state index contributed by atoms with van der Waals surface area (Å²) in [5.74, 6) is 1.67. The summed E-state index contributed by atoms with van der Waals surface area (Å²) in [6, 6.07) is 5.90. The monoisotopic (exact) mass is 325 g/mol. The van der Waals surface area contributed by atoms with Crippen molar-refractivity contribution in [2.24, 2.45) is 0 Å². The van der Waals surface area contributed by atoms with Crippen molar-refractivity contribution in [1.29, 1.82) is 0 Å². The molecule has 1 aliphatic heterocycles. The van der Waals surface area contributed by atoms with Crippen LogP contribution in [0, 0.1) is 0 Å². The Labute approximate surface area is 135 Å². The predicted octanol–water partition coefficient (Wildman–Crippen LogP) is 3.96. The number of benzene rings is 1. The molecule has 0 spiro atoms. The Kier molecular flexibility index (Phi) is 5.04. The zero-order chi connectivity index (χ0) is 14.7. The number of aromatic nitrogens is 2. The maximum Gasteiger partial charge on any atom is 0.111 e. The van der Waals surface area contributed by atoms with Gasteiger partial charge in [-0.15, -0.1) is 11.6 Å². The first-order valence-corrected chi connectivity index (χ1v) is 8.62. The average molecular weight is 326 g/mol. The number of halogens is 2. The van der Waals surface area contributed by atoms with Crippen LogP contribution < -0.4 is 0 Å². The van der Waals surface area contributed by atoms with Crippen LogP contribution in [0.25, 0.3) is 11.0 Å². The van der Waals surface area contributed by atoms with Crippen molar-refractivity contribution in [2.45, 2.75) is 32.2 Å². The SMILES string of the molecule is ClCCc1nc2ccc(Cl)cc2n1CCCN1CCCC1. The van der Waals surface area contributed by atoms with E-state index in [0.29, 0.717) is 5.88 Å². The number of hydrogen-bond donors (Lipinski definition) is 0. The molecule has 3 rings (SSSR count). The lowest BCUT2D eigenvalue weighted by atomic mass is 10.3. The van der Waals surface area contributed by atoms with Gasteiger partial charge in [0.05, 0.1) is 11.0 Å². The molecule has 1 aromatic carbocycles. The number of aryl methyl sites for hydroxylation is 2. The fraction of sp³-hybridized carbons (Fsp3) is 0.562. The summed E-state index contributed by atoms with van der Waals surface area (Å²) < 4.78 is 2.29. The second-order valence-electron chi connectivity index (χ2n) is 5.65. The van der Waals surface area contributed by atoms with E-state index in [-0.39, 0.29) is 0 Å². The first-order valence-electron chi connectivity index (χ1n) is 7.71. The summed E-state index contributed by atoms with van der Waals surface area (Å²) in [5, 5.41) is 0.764. The van der Waals surface area contributed by atoms with Gasteiger partial charge in [-0.1, -0.05) is 11.6 Å². The molecule has 0 N–H and O–H groups in total. The summed E-state index contributed by atoms with van der Waals surface area (Å²) in [7, 11) is 0. The Morgan fingerprint density at radius 3 is 2.71 bits per heavy atom. The van der Waals surface area contributed by atoms with Crippen molar-refractivity contribution in [1.82, 2.24) is 14.5 Å². The Balaban J connectivity index is 1.77. The molecule has 0 unspecified atom stereocenters. The molecule has 1 fully saturated rings. The summed E-state index contributed by atoms with van der Waals surface area (Å²) in [6.45, 7) is 4.66. The van der Waals surface area contributed by atoms with Crippen LogP contribution in [0.5, 0.6) is 0 Å². The number of nitrogens with zero attached hydrogens (tertiary/aromatic N) is 3. The molecule has 0 atom stereocenters. The van der Waals surface area contributed by atoms with Crippen LogP contribution in [0.4, 0.5) is 0 Å². The largest absolute Gasteiger partial charge is 0.328 e. The van der Waals surface area contributed by atoms with Crippen LogP contribution in [0.15, 0.2) is 18.2 Å². The van der Waals surface area contributed by atoms with E-state index in [4.69, 9.17) is 28.2 Å². The van der Waals surface area contributed by atoms with E-state index in [1.165, 1.54) is 32.5 Å². The molecule has 1 saturated heterocycles. The van der Waals surface area contributed by atoms with Crippen molar-refractivity contribution in [3.63, 3.8) is 0 Å². The normalized spacial score (nSPS) is 16.1. The zero-order valence-electron chi connectivity index (χ0n) is 12.2. The average Bonchev–Trinajstić information content (AvgIpc) is 3.08. The predicted molar refractivity (Wildman–Crippen MR) is 89.5 cm³/mol. The van der Waals surface area contributed by atoms with Crippen LogP contribution >= 0.6 is 23.2 Å². The lowest BCUT2D eigenvalue weighted by Crippen LogP contribution is -2.21. The van der Waals surface area contributed by atoms with Crippen LogP contribution in [0.1, 0.15) is 25.1 Å². The van der Waals surface area contributed by atoms with Crippen molar-refractivity contribution in [3.8, 4) is 0 Å². The topological polar surface area (TPSA) is 21.1 Å². The lowest BCUT2D eigenvalue weighted by Gasteiger charge is -2.15. The minimum absolute atomic E-state index is 0.600. The Bertz CT molecular complexity index is 603. The highest BCUT2D eigenvalue weighted by Gasteiger charge is 2.13. The number of rotatable bonds is 6. The lowest BCUT2D eigenvalue weighted by molar-refractivity contribution is 0.325. The minimum atomic E-state index is 0.600. The number of alkyl halides is 1. The first kappa shape index (κ1) is 15.1. The van der Waals surface area contributed by atoms with Crippen molar-refractivity contribution < 1.29 is 0 Å². The van der Waals surface area contributed by atoms with E-state index < -0.39 is 0 Å². The third kappa shape index (κ3) is 3.53. The summed E-state index contributed by atoms with van der Waals surface area (Å²) in [6.07, 6.45) is 4.65. The summed E-state index contributed by atoms with van der Waals surface area (Å²) in [5.41, 5.74) is 2.14. The fourth-order valence-corrected chi connectivity index (χ4v) is 3.46. The molecule has 2 aromatic rings. The highest BCUT2D eigenvalue weighted by molar-refractivity contribution is 6.31. The van der Waals surface area contributed by atoms with E-state index in [1.807, 2.05) is 18.2 Å². The number of hydrogen-bond acceptors (Lipinski definition) is 2. The molecule has 114 valence electrons. The van der Waals surface area contributed by atoms with Crippen molar-refractivity contribution >= 4 is 34.2 Å². The molecule has 21 heavy (non-hydrogen) atoms. The molecule has 2 heterocycles. The highest BCUT2D eigenvalue weighted by Crippen LogP contribution is 2.22. The van der Waals surface area contributed by atoms with Crippen molar-refractivity contribution in [3.05, 3.63) is 29.0 Å². The molecule has 0 radical (unpaired) electrons. The third-order valence-corrected chi connectivity index (χ3v) is 4.59. The van der Waals surface area contributed by atoms with Crippen LogP contribution in [0.2, 0.25) is 5.02 Å². The van der Waals surface area contributed by atoms with Gasteiger partial charge in [-0.25, -0.2) is 4.98 Å². The second kappa shape index (κ2) is 6.99. The molecule has 0 amide bonds. The van der Waals surface area contributed by atoms with E-state index in [2.05, 4.69) is 9.47 Å². The smallest absolute Gasteiger partial charge is 0.111 e. The van der Waals surface area contributed by atoms with Gasteiger partial charge in [0.25, 0.3) is 0 Å². The molecule has 1 aliphatic rings. The van der Waals surface area contributed by atoms with Gasteiger partial charge in [-0.3, -0.25) is 0 Å². The number of fused-ring (bicyclic) bond motifs is 1. The van der Waals surface area contributed by atoms with Crippen LogP contribution in [-0.2, 0) is 13.0 Å². The molecule has 0 saturated carbocycles. The van der Waals surface area contributed by atoms with E-state index in [9.17, 15) is 0 Å². The molecule has 5 heteroatoms. The summed E-state index contributed by atoms with van der Waals surface area (Å²) in [4.78, 5) is 7.25. The number of likely N-dealkylation sites (tertiary alicyclic amines) is 1. The Morgan fingerprint density at radius 1 is 1.14 bits per heavy atom. The third-order valence-electron chi connectivity index (χ3n) is 4.16. The maximum atomic E-state index is 6.14. The van der Waals surface area contributed by atoms with Gasteiger partial charge in [0.1, 0.15) is 5.82 Å².